The van der Waals surface area contributed by atoms with E-state index in [1.165, 1.54) is 19.2 Å². The lowest BCUT2D eigenvalue weighted by atomic mass is 10.1. The SMILES string of the molecule is COCCNC(=O)Cn1nc(C(=O)N2c3ccccc3CC2C)ccc1=O. The zero-order valence-electron chi connectivity index (χ0n) is 15.3. The first-order valence-corrected chi connectivity index (χ1v) is 8.76. The van der Waals surface area contributed by atoms with Crippen molar-refractivity contribution in [1.29, 1.82) is 0 Å². The van der Waals surface area contributed by atoms with Gasteiger partial charge in [0, 0.05) is 31.5 Å². The number of fused-ring (bicyclic) bond motifs is 1. The van der Waals surface area contributed by atoms with E-state index in [4.69, 9.17) is 4.74 Å². The summed E-state index contributed by atoms with van der Waals surface area (Å²) >= 11 is 0. The van der Waals surface area contributed by atoms with Crippen molar-refractivity contribution in [3.8, 4) is 0 Å². The number of aromatic nitrogens is 2. The van der Waals surface area contributed by atoms with E-state index >= 15 is 0 Å². The van der Waals surface area contributed by atoms with E-state index in [1.807, 2.05) is 31.2 Å². The standard InChI is InChI=1S/C19H22N4O4/c1-13-11-14-5-3-4-6-16(14)23(13)19(26)15-7-8-18(25)22(21-15)12-17(24)20-9-10-27-2/h3-8,13H,9-12H2,1-2H3,(H,20,24). The molecule has 1 aliphatic heterocycles. The zero-order chi connectivity index (χ0) is 19.4. The number of rotatable bonds is 6. The third kappa shape index (κ3) is 4.06. The Bertz CT molecular complexity index is 909. The van der Waals surface area contributed by atoms with Crippen molar-refractivity contribution in [2.45, 2.75) is 25.9 Å². The van der Waals surface area contributed by atoms with Crippen molar-refractivity contribution in [3.63, 3.8) is 0 Å². The molecule has 1 unspecified atom stereocenters. The van der Waals surface area contributed by atoms with Crippen molar-refractivity contribution in [2.75, 3.05) is 25.2 Å². The number of carbonyl (C=O) groups excluding carboxylic acids is 2. The highest BCUT2D eigenvalue weighted by Gasteiger charge is 2.32. The first-order valence-electron chi connectivity index (χ1n) is 8.76. The molecule has 0 saturated carbocycles. The van der Waals surface area contributed by atoms with Gasteiger partial charge in [-0.3, -0.25) is 14.4 Å². The molecule has 1 aromatic carbocycles. The molecule has 0 bridgehead atoms. The van der Waals surface area contributed by atoms with Crippen LogP contribution in [0.25, 0.3) is 0 Å². The van der Waals surface area contributed by atoms with Gasteiger partial charge in [0.25, 0.3) is 11.5 Å². The number of methoxy groups -OCH3 is 1. The summed E-state index contributed by atoms with van der Waals surface area (Å²) in [5.41, 5.74) is 1.64. The highest BCUT2D eigenvalue weighted by molar-refractivity contribution is 6.06. The average Bonchev–Trinajstić information content (AvgIpc) is 2.99. The number of para-hydroxylation sites is 1. The minimum Gasteiger partial charge on any atom is -0.383 e. The molecule has 8 heteroatoms. The molecule has 0 radical (unpaired) electrons. The number of nitrogens with one attached hydrogen (secondary N) is 1. The molecule has 2 amide bonds. The van der Waals surface area contributed by atoms with Crippen molar-refractivity contribution < 1.29 is 14.3 Å². The second kappa shape index (κ2) is 8.13. The van der Waals surface area contributed by atoms with Gasteiger partial charge in [-0.2, -0.15) is 5.10 Å². The maximum Gasteiger partial charge on any atom is 0.278 e. The molecule has 1 N–H and O–H groups in total. The van der Waals surface area contributed by atoms with Crippen molar-refractivity contribution in [2.24, 2.45) is 0 Å². The van der Waals surface area contributed by atoms with Crippen LogP contribution in [-0.2, 0) is 22.5 Å². The van der Waals surface area contributed by atoms with Crippen LogP contribution in [0.3, 0.4) is 0 Å². The molecule has 1 atom stereocenters. The Labute approximate surface area is 156 Å². The summed E-state index contributed by atoms with van der Waals surface area (Å²) in [7, 11) is 1.53. The summed E-state index contributed by atoms with van der Waals surface area (Å²) in [6.45, 7) is 2.43. The molecule has 0 spiro atoms. The van der Waals surface area contributed by atoms with Gasteiger partial charge >= 0.3 is 0 Å². The van der Waals surface area contributed by atoms with Crippen molar-refractivity contribution in [1.82, 2.24) is 15.1 Å². The maximum atomic E-state index is 13.0. The number of ether oxygens (including phenoxy) is 1. The molecule has 2 aromatic rings. The van der Waals surface area contributed by atoms with Crippen LogP contribution in [0.15, 0.2) is 41.2 Å². The Balaban J connectivity index is 1.80. The van der Waals surface area contributed by atoms with Crippen LogP contribution in [0.2, 0.25) is 0 Å². The Hall–Kier alpha value is -3.00. The first kappa shape index (κ1) is 18.8. The minimum atomic E-state index is -0.441. The van der Waals surface area contributed by atoms with Gasteiger partial charge in [0.2, 0.25) is 5.91 Å². The van der Waals surface area contributed by atoms with Crippen LogP contribution < -0.4 is 15.8 Å². The number of nitrogens with zero attached hydrogens (tertiary/aromatic N) is 3. The monoisotopic (exact) mass is 370 g/mol. The number of hydrogen-bond donors (Lipinski definition) is 1. The molecule has 8 nitrogen and oxygen atoms in total. The van der Waals surface area contributed by atoms with Crippen molar-refractivity contribution >= 4 is 17.5 Å². The molecule has 142 valence electrons. The summed E-state index contributed by atoms with van der Waals surface area (Å²) in [6.07, 6.45) is 0.767. The van der Waals surface area contributed by atoms with E-state index in [9.17, 15) is 14.4 Å². The Morgan fingerprint density at radius 2 is 2.04 bits per heavy atom. The van der Waals surface area contributed by atoms with Crippen LogP contribution in [0.4, 0.5) is 5.69 Å². The van der Waals surface area contributed by atoms with Gasteiger partial charge in [-0.15, -0.1) is 0 Å². The lowest BCUT2D eigenvalue weighted by Crippen LogP contribution is -2.39. The Morgan fingerprint density at radius 1 is 1.26 bits per heavy atom. The fraction of sp³-hybridized carbons (Fsp3) is 0.368. The summed E-state index contributed by atoms with van der Waals surface area (Å²) in [5, 5.41) is 6.74. The van der Waals surface area contributed by atoms with E-state index in [2.05, 4.69) is 10.4 Å². The quantitative estimate of drug-likeness (QED) is 0.752. The fourth-order valence-electron chi connectivity index (χ4n) is 3.16. The third-order valence-corrected chi connectivity index (χ3v) is 4.43. The lowest BCUT2D eigenvalue weighted by Gasteiger charge is -2.22. The molecule has 0 fully saturated rings. The minimum absolute atomic E-state index is 0.00517. The number of hydrogen-bond acceptors (Lipinski definition) is 5. The number of amides is 2. The first-order chi connectivity index (χ1) is 13.0. The second-order valence-corrected chi connectivity index (χ2v) is 6.41. The van der Waals surface area contributed by atoms with E-state index in [-0.39, 0.29) is 30.1 Å². The summed E-state index contributed by atoms with van der Waals surface area (Å²) in [6, 6.07) is 10.4. The predicted molar refractivity (Wildman–Crippen MR) is 99.8 cm³/mol. The molecule has 2 heterocycles. The normalized spacial score (nSPS) is 15.5. The number of anilines is 1. The van der Waals surface area contributed by atoms with Gasteiger partial charge in [0.05, 0.1) is 6.61 Å². The van der Waals surface area contributed by atoms with Crippen LogP contribution >= 0.6 is 0 Å². The zero-order valence-corrected chi connectivity index (χ0v) is 15.3. The predicted octanol–water partition coefficient (Wildman–Crippen LogP) is 0.597. The van der Waals surface area contributed by atoms with E-state index in [0.717, 1.165) is 22.4 Å². The summed E-state index contributed by atoms with van der Waals surface area (Å²) in [5.74, 6) is -0.660. The maximum absolute atomic E-state index is 13.0. The molecule has 3 rings (SSSR count). The topological polar surface area (TPSA) is 93.5 Å². The largest absolute Gasteiger partial charge is 0.383 e. The average molecular weight is 370 g/mol. The molecular weight excluding hydrogens is 348 g/mol. The van der Waals surface area contributed by atoms with Gasteiger partial charge in [-0.1, -0.05) is 18.2 Å². The molecule has 0 aliphatic carbocycles. The van der Waals surface area contributed by atoms with Crippen LogP contribution in [0.5, 0.6) is 0 Å². The Morgan fingerprint density at radius 3 is 2.81 bits per heavy atom. The van der Waals surface area contributed by atoms with Gasteiger partial charge in [0.15, 0.2) is 0 Å². The van der Waals surface area contributed by atoms with E-state index < -0.39 is 5.56 Å². The van der Waals surface area contributed by atoms with Gasteiger partial charge in [-0.05, 0) is 31.0 Å². The highest BCUT2D eigenvalue weighted by atomic mass is 16.5. The molecule has 27 heavy (non-hydrogen) atoms. The van der Waals surface area contributed by atoms with Crippen LogP contribution in [-0.4, -0.2) is 47.9 Å². The number of benzene rings is 1. The number of carbonyl (C=O) groups is 2. The molecule has 1 aliphatic rings. The second-order valence-electron chi connectivity index (χ2n) is 6.41. The van der Waals surface area contributed by atoms with Gasteiger partial charge in [0.1, 0.15) is 12.2 Å². The van der Waals surface area contributed by atoms with Gasteiger partial charge in [-0.25, -0.2) is 4.68 Å². The molecule has 0 saturated heterocycles. The molecular formula is C19H22N4O4. The van der Waals surface area contributed by atoms with E-state index in [0.29, 0.717) is 13.2 Å². The van der Waals surface area contributed by atoms with Gasteiger partial charge < -0.3 is 15.0 Å². The highest BCUT2D eigenvalue weighted by Crippen LogP contribution is 2.32. The van der Waals surface area contributed by atoms with Crippen LogP contribution in [0, 0.1) is 0 Å². The van der Waals surface area contributed by atoms with Crippen molar-refractivity contribution in [3.05, 3.63) is 58.0 Å². The smallest absolute Gasteiger partial charge is 0.278 e. The summed E-state index contributed by atoms with van der Waals surface area (Å²) < 4.78 is 5.87. The fourth-order valence-corrected chi connectivity index (χ4v) is 3.16. The molecule has 1 aromatic heterocycles. The summed E-state index contributed by atoms with van der Waals surface area (Å²) in [4.78, 5) is 38.6. The lowest BCUT2D eigenvalue weighted by molar-refractivity contribution is -0.122. The Kier molecular flexibility index (Phi) is 5.66. The third-order valence-electron chi connectivity index (χ3n) is 4.43. The van der Waals surface area contributed by atoms with E-state index in [1.54, 1.807) is 4.90 Å². The van der Waals surface area contributed by atoms with Crippen LogP contribution in [0.1, 0.15) is 23.0 Å².